The molecule has 0 amide bonds. The Labute approximate surface area is 110 Å². The molecular formula is C15H25NO2. The highest BCUT2D eigenvalue weighted by Crippen LogP contribution is 2.24. The molecule has 0 saturated carbocycles. The maximum atomic E-state index is 6.15. The molecule has 0 saturated heterocycles. The molecule has 0 heterocycles. The van der Waals surface area contributed by atoms with Crippen LogP contribution < -0.4 is 10.5 Å². The zero-order chi connectivity index (χ0) is 13.4. The van der Waals surface area contributed by atoms with Gasteiger partial charge < -0.3 is 15.2 Å². The van der Waals surface area contributed by atoms with Crippen molar-refractivity contribution < 1.29 is 9.47 Å². The summed E-state index contributed by atoms with van der Waals surface area (Å²) >= 11 is 0. The van der Waals surface area contributed by atoms with Crippen LogP contribution in [0.3, 0.4) is 0 Å². The quantitative estimate of drug-likeness (QED) is 0.721. The molecule has 0 radical (unpaired) electrons. The van der Waals surface area contributed by atoms with Crippen LogP contribution in [-0.4, -0.2) is 19.8 Å². The minimum atomic E-state index is -0.0209. The van der Waals surface area contributed by atoms with Gasteiger partial charge in [-0.3, -0.25) is 0 Å². The lowest BCUT2D eigenvalue weighted by molar-refractivity contribution is 0.0318. The summed E-state index contributed by atoms with van der Waals surface area (Å²) in [4.78, 5) is 0. The van der Waals surface area contributed by atoms with Crippen molar-refractivity contribution in [3.63, 3.8) is 0 Å². The fourth-order valence-corrected chi connectivity index (χ4v) is 1.83. The smallest absolute Gasteiger partial charge is 0.118 e. The molecule has 2 atom stereocenters. The van der Waals surface area contributed by atoms with E-state index in [1.807, 2.05) is 24.3 Å². The van der Waals surface area contributed by atoms with Crippen LogP contribution >= 0.6 is 0 Å². The zero-order valence-electron chi connectivity index (χ0n) is 11.7. The third-order valence-electron chi connectivity index (χ3n) is 3.10. The lowest BCUT2D eigenvalue weighted by Crippen LogP contribution is -2.29. The van der Waals surface area contributed by atoms with Crippen molar-refractivity contribution in [1.29, 1.82) is 0 Å². The van der Waals surface area contributed by atoms with E-state index in [0.717, 1.165) is 37.2 Å². The van der Waals surface area contributed by atoms with Crippen LogP contribution in [0.15, 0.2) is 24.3 Å². The van der Waals surface area contributed by atoms with Crippen molar-refractivity contribution in [1.82, 2.24) is 0 Å². The van der Waals surface area contributed by atoms with Crippen molar-refractivity contribution in [2.24, 2.45) is 5.73 Å². The van der Waals surface area contributed by atoms with Gasteiger partial charge in [0.2, 0.25) is 0 Å². The SMILES string of the molecule is CCCCOC(c1ccc(OC)cc1)C(N)CC. The van der Waals surface area contributed by atoms with E-state index in [1.54, 1.807) is 7.11 Å². The van der Waals surface area contributed by atoms with Crippen LogP contribution in [0, 0.1) is 0 Å². The second kappa shape index (κ2) is 8.11. The number of methoxy groups -OCH3 is 1. The summed E-state index contributed by atoms with van der Waals surface area (Å²) in [6.07, 6.45) is 3.09. The maximum absolute atomic E-state index is 6.15. The van der Waals surface area contributed by atoms with Gasteiger partial charge >= 0.3 is 0 Å². The maximum Gasteiger partial charge on any atom is 0.118 e. The van der Waals surface area contributed by atoms with Gasteiger partial charge in [0.25, 0.3) is 0 Å². The van der Waals surface area contributed by atoms with Gasteiger partial charge in [-0.05, 0) is 30.5 Å². The Balaban J connectivity index is 2.73. The molecule has 0 aliphatic heterocycles. The summed E-state index contributed by atoms with van der Waals surface area (Å²) in [7, 11) is 1.67. The van der Waals surface area contributed by atoms with E-state index >= 15 is 0 Å². The summed E-state index contributed by atoms with van der Waals surface area (Å²) < 4.78 is 11.1. The largest absolute Gasteiger partial charge is 0.497 e. The van der Waals surface area contributed by atoms with Gasteiger partial charge in [0.05, 0.1) is 13.2 Å². The summed E-state index contributed by atoms with van der Waals surface area (Å²) in [6.45, 7) is 5.01. The average molecular weight is 251 g/mol. The Morgan fingerprint density at radius 2 is 1.83 bits per heavy atom. The second-order valence-corrected chi connectivity index (χ2v) is 4.49. The molecule has 0 fully saturated rings. The molecule has 0 bridgehead atoms. The summed E-state index contributed by atoms with van der Waals surface area (Å²) in [5, 5.41) is 0. The van der Waals surface area contributed by atoms with Crippen molar-refractivity contribution in [3.05, 3.63) is 29.8 Å². The van der Waals surface area contributed by atoms with Crippen molar-refractivity contribution in [2.45, 2.75) is 45.3 Å². The molecule has 0 aliphatic carbocycles. The standard InChI is InChI=1S/C15H25NO2/c1-4-6-11-18-15(14(16)5-2)12-7-9-13(17-3)10-8-12/h7-10,14-15H,4-6,11,16H2,1-3H3. The highest BCUT2D eigenvalue weighted by atomic mass is 16.5. The van der Waals surface area contributed by atoms with Crippen LogP contribution in [0.5, 0.6) is 5.75 Å². The Kier molecular flexibility index (Phi) is 6.76. The predicted molar refractivity (Wildman–Crippen MR) is 74.9 cm³/mol. The monoisotopic (exact) mass is 251 g/mol. The Morgan fingerprint density at radius 3 is 2.33 bits per heavy atom. The molecule has 0 aliphatic rings. The number of hydrogen-bond acceptors (Lipinski definition) is 3. The number of benzene rings is 1. The number of nitrogens with two attached hydrogens (primary N) is 1. The fraction of sp³-hybridized carbons (Fsp3) is 0.600. The van der Waals surface area contributed by atoms with Gasteiger partial charge in [-0.15, -0.1) is 0 Å². The first-order valence-electron chi connectivity index (χ1n) is 6.74. The molecule has 0 spiro atoms. The molecular weight excluding hydrogens is 226 g/mol. The van der Waals surface area contributed by atoms with Crippen LogP contribution in [0.4, 0.5) is 0 Å². The van der Waals surface area contributed by atoms with Crippen molar-refractivity contribution in [3.8, 4) is 5.75 Å². The lowest BCUT2D eigenvalue weighted by Gasteiger charge is -2.24. The third kappa shape index (κ3) is 4.31. The summed E-state index contributed by atoms with van der Waals surface area (Å²) in [5.41, 5.74) is 7.27. The van der Waals surface area contributed by atoms with Crippen LogP contribution in [0.1, 0.15) is 44.8 Å². The molecule has 2 N–H and O–H groups in total. The van der Waals surface area contributed by atoms with Crippen molar-refractivity contribution >= 4 is 0 Å². The molecule has 1 aromatic carbocycles. The average Bonchev–Trinajstić information content (AvgIpc) is 2.43. The topological polar surface area (TPSA) is 44.5 Å². The Morgan fingerprint density at radius 1 is 1.17 bits per heavy atom. The van der Waals surface area contributed by atoms with E-state index in [2.05, 4.69) is 13.8 Å². The van der Waals surface area contributed by atoms with Gasteiger partial charge in [0.1, 0.15) is 5.75 Å². The second-order valence-electron chi connectivity index (χ2n) is 4.49. The minimum Gasteiger partial charge on any atom is -0.497 e. The van der Waals surface area contributed by atoms with Gasteiger partial charge in [-0.25, -0.2) is 0 Å². The van der Waals surface area contributed by atoms with Gasteiger partial charge in [0, 0.05) is 12.6 Å². The molecule has 1 aromatic rings. The van der Waals surface area contributed by atoms with Crippen LogP contribution in [0.2, 0.25) is 0 Å². The summed E-state index contributed by atoms with van der Waals surface area (Å²) in [6, 6.07) is 8.01. The van der Waals surface area contributed by atoms with Crippen LogP contribution in [-0.2, 0) is 4.74 Å². The summed E-state index contributed by atoms with van der Waals surface area (Å²) in [5.74, 6) is 0.858. The van der Waals surface area contributed by atoms with Crippen molar-refractivity contribution in [2.75, 3.05) is 13.7 Å². The van der Waals surface area contributed by atoms with Gasteiger partial charge in [0.15, 0.2) is 0 Å². The molecule has 3 heteroatoms. The molecule has 0 aromatic heterocycles. The predicted octanol–water partition coefficient (Wildman–Crippen LogP) is 3.29. The molecule has 2 unspecified atom stereocenters. The first-order valence-corrected chi connectivity index (χ1v) is 6.74. The van der Waals surface area contributed by atoms with E-state index in [0.29, 0.717) is 0 Å². The normalized spacial score (nSPS) is 14.2. The molecule has 18 heavy (non-hydrogen) atoms. The first-order chi connectivity index (χ1) is 8.72. The number of unbranched alkanes of at least 4 members (excludes halogenated alkanes) is 1. The zero-order valence-corrected chi connectivity index (χ0v) is 11.7. The number of rotatable bonds is 8. The highest BCUT2D eigenvalue weighted by molar-refractivity contribution is 5.29. The molecule has 102 valence electrons. The fourth-order valence-electron chi connectivity index (χ4n) is 1.83. The Hall–Kier alpha value is -1.06. The number of ether oxygens (including phenoxy) is 2. The Bertz CT molecular complexity index is 324. The third-order valence-corrected chi connectivity index (χ3v) is 3.10. The van der Waals surface area contributed by atoms with E-state index in [4.69, 9.17) is 15.2 Å². The van der Waals surface area contributed by atoms with Gasteiger partial charge in [-0.1, -0.05) is 32.4 Å². The minimum absolute atomic E-state index is 0.0209. The van der Waals surface area contributed by atoms with E-state index in [-0.39, 0.29) is 12.1 Å². The molecule has 1 rings (SSSR count). The van der Waals surface area contributed by atoms with Gasteiger partial charge in [-0.2, -0.15) is 0 Å². The van der Waals surface area contributed by atoms with E-state index in [1.165, 1.54) is 0 Å². The number of hydrogen-bond donors (Lipinski definition) is 1. The molecule has 3 nitrogen and oxygen atoms in total. The lowest BCUT2D eigenvalue weighted by atomic mass is 10.0. The highest BCUT2D eigenvalue weighted by Gasteiger charge is 2.18. The van der Waals surface area contributed by atoms with E-state index in [9.17, 15) is 0 Å². The van der Waals surface area contributed by atoms with E-state index < -0.39 is 0 Å². The van der Waals surface area contributed by atoms with Crippen LogP contribution in [0.25, 0.3) is 0 Å². The first kappa shape index (κ1) is 15.0.